The summed E-state index contributed by atoms with van der Waals surface area (Å²) in [5.41, 5.74) is -0.409. The molecule has 0 N–H and O–H groups in total. The number of hydrogen-bond acceptors (Lipinski definition) is 5. The zero-order chi connectivity index (χ0) is 16.0. The van der Waals surface area contributed by atoms with Gasteiger partial charge in [0.1, 0.15) is 5.60 Å². The van der Waals surface area contributed by atoms with Gasteiger partial charge < -0.3 is 9.64 Å². The molecular weight excluding hydrogens is 316 g/mol. The van der Waals surface area contributed by atoms with Crippen molar-refractivity contribution < 1.29 is 9.53 Å². The Kier molecular flexibility index (Phi) is 6.59. The first-order chi connectivity index (χ1) is 10.4. The number of thioether (sulfide) groups is 1. The first-order valence-corrected chi connectivity index (χ1v) is 9.67. The highest BCUT2D eigenvalue weighted by Gasteiger charge is 2.25. The second kappa shape index (κ2) is 8.22. The van der Waals surface area contributed by atoms with Crippen molar-refractivity contribution in [2.75, 3.05) is 38.5 Å². The van der Waals surface area contributed by atoms with Crippen molar-refractivity contribution in [3.63, 3.8) is 0 Å². The van der Waals surface area contributed by atoms with Crippen molar-refractivity contribution in [2.24, 2.45) is 0 Å². The smallest absolute Gasteiger partial charge is 0.410 e. The fraction of sp³-hybridized carbons (Fsp3) is 0.688. The summed E-state index contributed by atoms with van der Waals surface area (Å²) in [5, 5.41) is 2.12. The molecule has 0 aliphatic carbocycles. The largest absolute Gasteiger partial charge is 0.444 e. The predicted molar refractivity (Wildman–Crippen MR) is 93.9 cm³/mol. The summed E-state index contributed by atoms with van der Waals surface area (Å²) < 4.78 is 6.82. The minimum absolute atomic E-state index is 0.180. The zero-order valence-corrected chi connectivity index (χ0v) is 15.3. The number of carbonyl (C=O) groups is 1. The van der Waals surface area contributed by atoms with Crippen LogP contribution in [0.3, 0.4) is 0 Å². The molecule has 1 aliphatic rings. The molecule has 2 rings (SSSR count). The molecule has 0 unspecified atom stereocenters. The molecule has 0 bridgehead atoms. The molecule has 1 aromatic heterocycles. The second-order valence-corrected chi connectivity index (χ2v) is 8.79. The Morgan fingerprint density at radius 1 is 1.32 bits per heavy atom. The molecule has 1 aromatic rings. The highest BCUT2D eigenvalue weighted by Crippen LogP contribution is 2.23. The number of thiophene rings is 1. The first kappa shape index (κ1) is 17.6. The SMILES string of the molecule is CC(C)(C)OC(=O)N1CCN(CCCSc2cccs2)CC1. The quantitative estimate of drug-likeness (QED) is 0.602. The van der Waals surface area contributed by atoms with Crippen molar-refractivity contribution in [3.05, 3.63) is 17.5 Å². The lowest BCUT2D eigenvalue weighted by Gasteiger charge is -2.35. The summed E-state index contributed by atoms with van der Waals surface area (Å²) in [7, 11) is 0. The normalized spacial score (nSPS) is 16.8. The van der Waals surface area contributed by atoms with E-state index >= 15 is 0 Å². The van der Waals surface area contributed by atoms with Crippen LogP contribution in [0.15, 0.2) is 21.7 Å². The van der Waals surface area contributed by atoms with Gasteiger partial charge in [-0.15, -0.1) is 23.1 Å². The van der Waals surface area contributed by atoms with Gasteiger partial charge in [0.15, 0.2) is 0 Å². The van der Waals surface area contributed by atoms with Crippen LogP contribution in [0.5, 0.6) is 0 Å². The first-order valence-electron chi connectivity index (χ1n) is 7.81. The number of nitrogens with zero attached hydrogens (tertiary/aromatic N) is 2. The summed E-state index contributed by atoms with van der Waals surface area (Å²) in [6.45, 7) is 10.3. The Labute approximate surface area is 141 Å². The van der Waals surface area contributed by atoms with E-state index in [4.69, 9.17) is 4.74 Å². The van der Waals surface area contributed by atoms with Crippen molar-refractivity contribution in [1.82, 2.24) is 9.80 Å². The van der Waals surface area contributed by atoms with E-state index in [-0.39, 0.29) is 6.09 Å². The summed E-state index contributed by atoms with van der Waals surface area (Å²) in [4.78, 5) is 16.3. The number of amides is 1. The highest BCUT2D eigenvalue weighted by molar-refractivity contribution is 8.01. The Morgan fingerprint density at radius 2 is 2.05 bits per heavy atom. The average molecular weight is 343 g/mol. The topological polar surface area (TPSA) is 32.8 Å². The lowest BCUT2D eigenvalue weighted by molar-refractivity contribution is 0.0146. The number of piperazine rings is 1. The van der Waals surface area contributed by atoms with Gasteiger partial charge in [0.25, 0.3) is 0 Å². The van der Waals surface area contributed by atoms with Gasteiger partial charge in [0, 0.05) is 31.9 Å². The number of rotatable bonds is 5. The van der Waals surface area contributed by atoms with Crippen LogP contribution in [0.4, 0.5) is 4.79 Å². The van der Waals surface area contributed by atoms with E-state index in [0.29, 0.717) is 0 Å². The van der Waals surface area contributed by atoms with Crippen LogP contribution in [0.2, 0.25) is 0 Å². The number of ether oxygens (including phenoxy) is 1. The van der Waals surface area contributed by atoms with Gasteiger partial charge in [-0.2, -0.15) is 0 Å². The maximum atomic E-state index is 12.0. The van der Waals surface area contributed by atoms with E-state index in [2.05, 4.69) is 22.4 Å². The third kappa shape index (κ3) is 6.18. The third-order valence-corrected chi connectivity index (χ3v) is 5.60. The predicted octanol–water partition coefficient (Wildman–Crippen LogP) is 3.78. The van der Waals surface area contributed by atoms with Crippen molar-refractivity contribution in [2.45, 2.75) is 37.0 Å². The molecule has 1 saturated heterocycles. The Morgan fingerprint density at radius 3 is 2.64 bits per heavy atom. The minimum Gasteiger partial charge on any atom is -0.444 e. The van der Waals surface area contributed by atoms with Crippen LogP contribution in [-0.4, -0.2) is 60.0 Å². The zero-order valence-electron chi connectivity index (χ0n) is 13.7. The molecule has 0 aromatic carbocycles. The van der Waals surface area contributed by atoms with Gasteiger partial charge in [-0.25, -0.2) is 4.79 Å². The van der Waals surface area contributed by atoms with Crippen LogP contribution in [0.1, 0.15) is 27.2 Å². The Balaban J connectivity index is 1.59. The van der Waals surface area contributed by atoms with E-state index in [0.717, 1.165) is 38.5 Å². The lowest BCUT2D eigenvalue weighted by Crippen LogP contribution is -2.50. The molecule has 0 saturated carbocycles. The van der Waals surface area contributed by atoms with Crippen LogP contribution >= 0.6 is 23.1 Å². The fourth-order valence-corrected chi connectivity index (χ4v) is 4.07. The summed E-state index contributed by atoms with van der Waals surface area (Å²) in [6.07, 6.45) is 1.01. The van der Waals surface area contributed by atoms with Gasteiger partial charge in [0.2, 0.25) is 0 Å². The standard InChI is InChI=1S/C16H26N2O2S2/c1-16(2,3)20-15(19)18-10-8-17(9-11-18)7-5-13-22-14-6-4-12-21-14/h4,6,12H,5,7-11,13H2,1-3H3. The molecule has 6 heteroatoms. The molecule has 0 spiro atoms. The molecule has 2 heterocycles. The van der Waals surface area contributed by atoms with Gasteiger partial charge in [-0.05, 0) is 45.2 Å². The molecule has 1 aliphatic heterocycles. The van der Waals surface area contributed by atoms with E-state index in [1.807, 2.05) is 48.8 Å². The van der Waals surface area contributed by atoms with Gasteiger partial charge in [0.05, 0.1) is 4.21 Å². The van der Waals surface area contributed by atoms with Crippen molar-refractivity contribution >= 4 is 29.2 Å². The minimum atomic E-state index is -0.409. The maximum Gasteiger partial charge on any atom is 0.410 e. The third-order valence-electron chi connectivity index (χ3n) is 3.38. The van der Waals surface area contributed by atoms with Gasteiger partial charge in [-0.1, -0.05) is 6.07 Å². The Hall–Kier alpha value is -0.720. The number of carbonyl (C=O) groups excluding carboxylic acids is 1. The van der Waals surface area contributed by atoms with E-state index in [1.54, 1.807) is 0 Å². The van der Waals surface area contributed by atoms with Crippen LogP contribution in [0, 0.1) is 0 Å². The average Bonchev–Trinajstić information content (AvgIpc) is 2.95. The van der Waals surface area contributed by atoms with Gasteiger partial charge in [-0.3, -0.25) is 4.90 Å². The molecule has 1 fully saturated rings. The molecule has 4 nitrogen and oxygen atoms in total. The lowest BCUT2D eigenvalue weighted by atomic mass is 10.2. The highest BCUT2D eigenvalue weighted by atomic mass is 32.2. The summed E-state index contributed by atoms with van der Waals surface area (Å²) in [6, 6.07) is 4.28. The molecule has 0 radical (unpaired) electrons. The van der Waals surface area contributed by atoms with E-state index in [1.165, 1.54) is 10.6 Å². The second-order valence-electron chi connectivity index (χ2n) is 6.44. The van der Waals surface area contributed by atoms with Crippen LogP contribution in [-0.2, 0) is 4.74 Å². The van der Waals surface area contributed by atoms with Crippen molar-refractivity contribution in [1.29, 1.82) is 0 Å². The van der Waals surface area contributed by atoms with Crippen LogP contribution in [0.25, 0.3) is 0 Å². The van der Waals surface area contributed by atoms with Crippen LogP contribution < -0.4 is 0 Å². The van der Waals surface area contributed by atoms with E-state index < -0.39 is 5.60 Å². The summed E-state index contributed by atoms with van der Waals surface area (Å²) in [5.74, 6) is 1.16. The monoisotopic (exact) mass is 342 g/mol. The molecule has 0 atom stereocenters. The Bertz CT molecular complexity index is 449. The fourth-order valence-electron chi connectivity index (χ4n) is 2.29. The molecule has 1 amide bonds. The molecule has 22 heavy (non-hydrogen) atoms. The summed E-state index contributed by atoms with van der Waals surface area (Å²) >= 11 is 3.74. The van der Waals surface area contributed by atoms with Crippen molar-refractivity contribution in [3.8, 4) is 0 Å². The molecule has 124 valence electrons. The molecular formula is C16H26N2O2S2. The van der Waals surface area contributed by atoms with E-state index in [9.17, 15) is 4.79 Å². The van der Waals surface area contributed by atoms with Gasteiger partial charge >= 0.3 is 6.09 Å². The number of hydrogen-bond donors (Lipinski definition) is 0. The maximum absolute atomic E-state index is 12.0.